The van der Waals surface area contributed by atoms with Crippen molar-refractivity contribution in [3.8, 4) is 0 Å². The standard InChI is InChI=1S/C13H14BrF2NOS/c14-9-6-10(15)13(11(16)7-9)17-12(18)5-8-1-3-19-4-2-8/h6-8H,1-5H2,(H,17,18). The molecule has 1 amide bonds. The van der Waals surface area contributed by atoms with Gasteiger partial charge in [-0.1, -0.05) is 15.9 Å². The fraction of sp³-hybridized carbons (Fsp3) is 0.462. The molecule has 0 radical (unpaired) electrons. The molecule has 0 saturated carbocycles. The molecule has 1 saturated heterocycles. The van der Waals surface area contributed by atoms with Gasteiger partial charge in [-0.05, 0) is 42.4 Å². The molecule has 0 atom stereocenters. The Hall–Kier alpha value is -0.620. The number of benzene rings is 1. The second-order valence-corrected chi connectivity index (χ2v) is 6.69. The van der Waals surface area contributed by atoms with E-state index in [0.29, 0.717) is 16.8 Å². The number of anilines is 1. The predicted molar refractivity (Wildman–Crippen MR) is 77.4 cm³/mol. The molecule has 1 fully saturated rings. The summed E-state index contributed by atoms with van der Waals surface area (Å²) in [5, 5.41) is 2.34. The Balaban J connectivity index is 1.98. The van der Waals surface area contributed by atoms with Crippen LogP contribution in [-0.2, 0) is 4.79 Å². The first-order valence-corrected chi connectivity index (χ1v) is 8.03. The SMILES string of the molecule is O=C(CC1CCSCC1)Nc1c(F)cc(Br)cc1F. The normalized spacial score (nSPS) is 16.4. The second kappa shape index (κ2) is 6.70. The number of carbonyl (C=O) groups is 1. The molecule has 0 bridgehead atoms. The first-order chi connectivity index (χ1) is 9.06. The lowest BCUT2D eigenvalue weighted by atomic mass is 9.98. The fourth-order valence-corrected chi connectivity index (χ4v) is 3.67. The Morgan fingerprint density at radius 1 is 1.32 bits per heavy atom. The highest BCUT2D eigenvalue weighted by Crippen LogP contribution is 2.27. The van der Waals surface area contributed by atoms with Gasteiger partial charge in [-0.3, -0.25) is 4.79 Å². The molecule has 1 aromatic carbocycles. The predicted octanol–water partition coefficient (Wildman–Crippen LogP) is 4.20. The van der Waals surface area contributed by atoms with Crippen molar-refractivity contribution in [2.75, 3.05) is 16.8 Å². The maximum Gasteiger partial charge on any atom is 0.224 e. The van der Waals surface area contributed by atoms with E-state index >= 15 is 0 Å². The minimum absolute atomic E-state index is 0.310. The summed E-state index contributed by atoms with van der Waals surface area (Å²) in [6, 6.07) is 2.27. The Bertz CT molecular complexity index is 455. The second-order valence-electron chi connectivity index (χ2n) is 4.55. The van der Waals surface area contributed by atoms with Crippen LogP contribution in [0.5, 0.6) is 0 Å². The summed E-state index contributed by atoms with van der Waals surface area (Å²) in [7, 11) is 0. The van der Waals surface area contributed by atoms with Crippen LogP contribution >= 0.6 is 27.7 Å². The minimum Gasteiger partial charge on any atom is -0.321 e. The number of halogens is 3. The van der Waals surface area contributed by atoms with Gasteiger partial charge in [0.25, 0.3) is 0 Å². The van der Waals surface area contributed by atoms with Crippen LogP contribution in [-0.4, -0.2) is 17.4 Å². The van der Waals surface area contributed by atoms with Crippen molar-refractivity contribution in [1.29, 1.82) is 0 Å². The zero-order valence-corrected chi connectivity index (χ0v) is 12.6. The third kappa shape index (κ3) is 4.18. The molecule has 1 aromatic rings. The fourth-order valence-electron chi connectivity index (χ4n) is 2.06. The van der Waals surface area contributed by atoms with E-state index in [1.54, 1.807) is 0 Å². The van der Waals surface area contributed by atoms with Gasteiger partial charge in [0.05, 0.1) is 0 Å². The number of rotatable bonds is 3. The highest BCUT2D eigenvalue weighted by Gasteiger charge is 2.19. The van der Waals surface area contributed by atoms with Gasteiger partial charge in [0, 0.05) is 10.9 Å². The van der Waals surface area contributed by atoms with E-state index < -0.39 is 11.6 Å². The van der Waals surface area contributed by atoms with Crippen LogP contribution in [0.4, 0.5) is 14.5 Å². The smallest absolute Gasteiger partial charge is 0.224 e. The summed E-state index contributed by atoms with van der Waals surface area (Å²) >= 11 is 4.88. The Morgan fingerprint density at radius 2 is 1.89 bits per heavy atom. The lowest BCUT2D eigenvalue weighted by Crippen LogP contribution is -2.20. The van der Waals surface area contributed by atoms with Gasteiger partial charge in [0.15, 0.2) is 11.6 Å². The quantitative estimate of drug-likeness (QED) is 0.885. The largest absolute Gasteiger partial charge is 0.321 e. The highest BCUT2D eigenvalue weighted by molar-refractivity contribution is 9.10. The summed E-state index contributed by atoms with van der Waals surface area (Å²) in [6.07, 6.45) is 2.31. The van der Waals surface area contributed by atoms with Crippen molar-refractivity contribution >= 4 is 39.3 Å². The van der Waals surface area contributed by atoms with E-state index in [0.717, 1.165) is 36.5 Å². The van der Waals surface area contributed by atoms with Crippen molar-refractivity contribution in [2.24, 2.45) is 5.92 Å². The lowest BCUT2D eigenvalue weighted by Gasteiger charge is -2.20. The van der Waals surface area contributed by atoms with Crippen LogP contribution in [0.2, 0.25) is 0 Å². The van der Waals surface area contributed by atoms with Gasteiger partial charge in [-0.15, -0.1) is 0 Å². The number of carbonyl (C=O) groups excluding carboxylic acids is 1. The monoisotopic (exact) mass is 349 g/mol. The topological polar surface area (TPSA) is 29.1 Å². The maximum atomic E-state index is 13.6. The summed E-state index contributed by atoms with van der Waals surface area (Å²) in [5.74, 6) is 0.580. The van der Waals surface area contributed by atoms with Crippen molar-refractivity contribution in [3.63, 3.8) is 0 Å². The molecular weight excluding hydrogens is 336 g/mol. The van der Waals surface area contributed by atoms with E-state index in [4.69, 9.17) is 0 Å². The highest BCUT2D eigenvalue weighted by atomic mass is 79.9. The van der Waals surface area contributed by atoms with E-state index in [1.165, 1.54) is 0 Å². The van der Waals surface area contributed by atoms with E-state index in [9.17, 15) is 13.6 Å². The molecule has 1 aliphatic rings. The van der Waals surface area contributed by atoms with Crippen LogP contribution in [0, 0.1) is 17.6 Å². The molecule has 1 heterocycles. The van der Waals surface area contributed by atoms with Gasteiger partial charge in [0.1, 0.15) is 5.69 Å². The molecule has 6 heteroatoms. The zero-order chi connectivity index (χ0) is 13.8. The molecule has 0 aliphatic carbocycles. The van der Waals surface area contributed by atoms with Gasteiger partial charge in [0.2, 0.25) is 5.91 Å². The average molecular weight is 350 g/mol. The van der Waals surface area contributed by atoms with Crippen LogP contribution < -0.4 is 5.32 Å². The van der Waals surface area contributed by atoms with E-state index in [-0.39, 0.29) is 11.6 Å². The zero-order valence-electron chi connectivity index (χ0n) is 10.2. The molecule has 1 aliphatic heterocycles. The number of nitrogens with one attached hydrogen (secondary N) is 1. The van der Waals surface area contributed by atoms with Crippen molar-refractivity contribution in [3.05, 3.63) is 28.2 Å². The Kier molecular flexibility index (Phi) is 5.21. The minimum atomic E-state index is -0.764. The molecular formula is C13H14BrF2NOS. The molecule has 1 N–H and O–H groups in total. The average Bonchev–Trinajstić information content (AvgIpc) is 2.35. The Morgan fingerprint density at radius 3 is 2.47 bits per heavy atom. The summed E-state index contributed by atoms with van der Waals surface area (Å²) in [4.78, 5) is 11.8. The first-order valence-electron chi connectivity index (χ1n) is 6.08. The first kappa shape index (κ1) is 14.8. The van der Waals surface area contributed by atoms with Gasteiger partial charge in [-0.2, -0.15) is 11.8 Å². The molecule has 19 heavy (non-hydrogen) atoms. The third-order valence-electron chi connectivity index (χ3n) is 3.09. The van der Waals surface area contributed by atoms with Crippen molar-refractivity contribution < 1.29 is 13.6 Å². The third-order valence-corrected chi connectivity index (χ3v) is 4.59. The number of thioether (sulfide) groups is 1. The maximum absolute atomic E-state index is 13.6. The number of amides is 1. The molecule has 2 nitrogen and oxygen atoms in total. The summed E-state index contributed by atoms with van der Waals surface area (Å²) in [5.41, 5.74) is -0.363. The van der Waals surface area contributed by atoms with Crippen LogP contribution in [0.15, 0.2) is 16.6 Å². The Labute approximate surface area is 123 Å². The number of hydrogen-bond donors (Lipinski definition) is 1. The lowest BCUT2D eigenvalue weighted by molar-refractivity contribution is -0.117. The van der Waals surface area contributed by atoms with E-state index in [1.807, 2.05) is 11.8 Å². The molecule has 0 aromatic heterocycles. The summed E-state index contributed by atoms with van der Waals surface area (Å²) < 4.78 is 27.4. The van der Waals surface area contributed by atoms with Crippen LogP contribution in [0.3, 0.4) is 0 Å². The van der Waals surface area contributed by atoms with Crippen LogP contribution in [0.25, 0.3) is 0 Å². The summed E-state index contributed by atoms with van der Waals surface area (Å²) in [6.45, 7) is 0. The molecule has 0 unspecified atom stereocenters. The molecule has 0 spiro atoms. The van der Waals surface area contributed by atoms with E-state index in [2.05, 4.69) is 21.2 Å². The molecule has 104 valence electrons. The van der Waals surface area contributed by atoms with Crippen LogP contribution in [0.1, 0.15) is 19.3 Å². The number of hydrogen-bond acceptors (Lipinski definition) is 2. The van der Waals surface area contributed by atoms with Crippen molar-refractivity contribution in [2.45, 2.75) is 19.3 Å². The van der Waals surface area contributed by atoms with Gasteiger partial charge >= 0.3 is 0 Å². The van der Waals surface area contributed by atoms with Crippen molar-refractivity contribution in [1.82, 2.24) is 0 Å². The van der Waals surface area contributed by atoms with Gasteiger partial charge in [-0.25, -0.2) is 8.78 Å². The molecule has 2 rings (SSSR count). The van der Waals surface area contributed by atoms with Gasteiger partial charge < -0.3 is 5.32 Å².